The van der Waals surface area contributed by atoms with Crippen molar-refractivity contribution in [1.29, 1.82) is 0 Å². The van der Waals surface area contributed by atoms with Gasteiger partial charge in [0.15, 0.2) is 5.11 Å². The fourth-order valence-electron chi connectivity index (χ4n) is 3.87. The highest BCUT2D eigenvalue weighted by Crippen LogP contribution is 2.21. The summed E-state index contributed by atoms with van der Waals surface area (Å²) in [7, 11) is -3.77. The predicted octanol–water partition coefficient (Wildman–Crippen LogP) is 5.69. The van der Waals surface area contributed by atoms with Crippen molar-refractivity contribution < 1.29 is 22.7 Å². The second-order valence-corrected chi connectivity index (χ2v) is 11.0. The van der Waals surface area contributed by atoms with Gasteiger partial charge < -0.3 is 14.8 Å². The monoisotopic (exact) mass is 575 g/mol. The van der Waals surface area contributed by atoms with Gasteiger partial charge in [0.1, 0.15) is 24.7 Å². The molecule has 8 nitrogen and oxygen atoms in total. The van der Waals surface area contributed by atoms with E-state index in [1.165, 1.54) is 12.1 Å². The summed E-state index contributed by atoms with van der Waals surface area (Å²) in [5.74, 6) is 0.861. The van der Waals surface area contributed by atoms with Crippen LogP contribution in [0.1, 0.15) is 21.5 Å². The Balaban J connectivity index is 1.28. The Hall–Kier alpha value is -4.41. The Morgan fingerprint density at radius 3 is 2.05 bits per heavy atom. The molecule has 0 saturated carbocycles. The zero-order chi connectivity index (χ0) is 28.5. The summed E-state index contributed by atoms with van der Waals surface area (Å²) in [5, 5.41) is 5.58. The molecule has 206 valence electrons. The molecule has 4 rings (SSSR count). The number of aryl methyl sites for hydroxylation is 2. The number of para-hydroxylation sites is 1. The third-order valence-electron chi connectivity index (χ3n) is 5.58. The molecule has 10 heteroatoms. The highest BCUT2D eigenvalue weighted by Gasteiger charge is 2.15. The summed E-state index contributed by atoms with van der Waals surface area (Å²) in [6.07, 6.45) is 0. The quantitative estimate of drug-likeness (QED) is 0.165. The van der Waals surface area contributed by atoms with Gasteiger partial charge in [-0.2, -0.15) is 0 Å². The van der Waals surface area contributed by atoms with Crippen LogP contribution in [0.4, 0.5) is 11.4 Å². The number of benzene rings is 4. The molecule has 3 N–H and O–H groups in total. The number of sulfonamides is 1. The largest absolute Gasteiger partial charge is 0.490 e. The van der Waals surface area contributed by atoms with Crippen molar-refractivity contribution in [3.05, 3.63) is 114 Å². The van der Waals surface area contributed by atoms with Gasteiger partial charge in [0.25, 0.3) is 15.9 Å². The Kier molecular flexibility index (Phi) is 9.36. The lowest BCUT2D eigenvalue weighted by Gasteiger charge is -2.12. The number of nitrogens with one attached hydrogen (secondary N) is 3. The SMILES string of the molecule is Cc1cc(C)cc(NS(=O)(=O)c2ccc(NC(=S)NC(=O)c3cccc(OCCOc4ccccc4)c3)cc2)c1. The number of carbonyl (C=O) groups is 1. The number of hydrogen-bond acceptors (Lipinski definition) is 6. The number of thiocarbonyl (C=S) groups is 1. The molecule has 0 aliphatic carbocycles. The average molecular weight is 576 g/mol. The van der Waals surface area contributed by atoms with Gasteiger partial charge in [-0.25, -0.2) is 8.42 Å². The zero-order valence-electron chi connectivity index (χ0n) is 22.0. The van der Waals surface area contributed by atoms with E-state index in [1.807, 2.05) is 50.2 Å². The van der Waals surface area contributed by atoms with E-state index in [0.29, 0.717) is 35.9 Å². The molecular formula is C30H29N3O5S2. The van der Waals surface area contributed by atoms with E-state index >= 15 is 0 Å². The van der Waals surface area contributed by atoms with Crippen molar-refractivity contribution in [2.45, 2.75) is 18.7 Å². The molecule has 0 atom stereocenters. The molecular weight excluding hydrogens is 546 g/mol. The lowest BCUT2D eigenvalue weighted by molar-refractivity contribution is 0.0977. The molecule has 0 spiro atoms. The zero-order valence-corrected chi connectivity index (χ0v) is 23.6. The molecule has 4 aromatic carbocycles. The number of rotatable bonds is 10. The van der Waals surface area contributed by atoms with Crippen LogP contribution in [0.25, 0.3) is 0 Å². The Morgan fingerprint density at radius 2 is 1.38 bits per heavy atom. The van der Waals surface area contributed by atoms with Crippen molar-refractivity contribution >= 4 is 44.6 Å². The van der Waals surface area contributed by atoms with Gasteiger partial charge >= 0.3 is 0 Å². The summed E-state index contributed by atoms with van der Waals surface area (Å²) >= 11 is 5.27. The van der Waals surface area contributed by atoms with Crippen molar-refractivity contribution in [1.82, 2.24) is 5.32 Å². The molecule has 0 aromatic heterocycles. The second kappa shape index (κ2) is 13.1. The fraction of sp³-hybridized carbons (Fsp3) is 0.133. The maximum Gasteiger partial charge on any atom is 0.261 e. The number of hydrogen-bond donors (Lipinski definition) is 3. The number of anilines is 2. The van der Waals surface area contributed by atoms with Crippen LogP contribution in [0, 0.1) is 13.8 Å². The summed E-state index contributed by atoms with van der Waals surface area (Å²) in [6, 6.07) is 27.7. The molecule has 0 aliphatic heterocycles. The lowest BCUT2D eigenvalue weighted by Crippen LogP contribution is -2.34. The molecule has 1 amide bonds. The van der Waals surface area contributed by atoms with Crippen LogP contribution < -0.4 is 24.8 Å². The van der Waals surface area contributed by atoms with Crippen molar-refractivity contribution in [2.24, 2.45) is 0 Å². The first-order valence-electron chi connectivity index (χ1n) is 12.4. The summed E-state index contributed by atoms with van der Waals surface area (Å²) in [4.78, 5) is 12.8. The van der Waals surface area contributed by atoms with E-state index in [-0.39, 0.29) is 10.0 Å². The normalized spacial score (nSPS) is 10.8. The van der Waals surface area contributed by atoms with Crippen molar-refractivity contribution in [3.8, 4) is 11.5 Å². The third-order valence-corrected chi connectivity index (χ3v) is 7.18. The van der Waals surface area contributed by atoms with Gasteiger partial charge in [-0.05, 0) is 104 Å². The first-order chi connectivity index (χ1) is 19.2. The molecule has 0 heterocycles. The van der Waals surface area contributed by atoms with Gasteiger partial charge in [-0.15, -0.1) is 0 Å². The average Bonchev–Trinajstić information content (AvgIpc) is 2.91. The molecule has 0 fully saturated rings. The maximum absolute atomic E-state index is 12.8. The number of carbonyl (C=O) groups excluding carboxylic acids is 1. The van der Waals surface area contributed by atoms with Gasteiger partial charge in [0, 0.05) is 16.9 Å². The Labute approximate surface area is 239 Å². The van der Waals surface area contributed by atoms with Gasteiger partial charge in [0.2, 0.25) is 0 Å². The fourth-order valence-corrected chi connectivity index (χ4v) is 5.12. The second-order valence-electron chi connectivity index (χ2n) is 8.95. The standard InChI is InChI=1S/C30H29N3O5S2/c1-21-17-22(2)19-25(18-21)33-40(35,36)28-13-11-24(12-14-28)31-30(39)32-29(34)23-7-6-10-27(20-23)38-16-15-37-26-8-4-3-5-9-26/h3-14,17-20,33H,15-16H2,1-2H3,(H2,31,32,34,39). The van der Waals surface area contributed by atoms with E-state index in [1.54, 1.807) is 48.5 Å². The molecule has 0 radical (unpaired) electrons. The predicted molar refractivity (Wildman–Crippen MR) is 161 cm³/mol. The molecule has 0 saturated heterocycles. The smallest absolute Gasteiger partial charge is 0.261 e. The summed E-state index contributed by atoms with van der Waals surface area (Å²) < 4.78 is 39.5. The molecule has 0 bridgehead atoms. The van der Waals surface area contributed by atoms with Crippen molar-refractivity contribution in [3.63, 3.8) is 0 Å². The van der Waals surface area contributed by atoms with Crippen LogP contribution in [0.5, 0.6) is 11.5 Å². The first kappa shape index (κ1) is 28.6. The Bertz CT molecular complexity index is 1570. The molecule has 40 heavy (non-hydrogen) atoms. The number of amides is 1. The van der Waals surface area contributed by atoms with Gasteiger partial charge in [0.05, 0.1) is 4.90 Å². The first-order valence-corrected chi connectivity index (χ1v) is 14.3. The van der Waals surface area contributed by atoms with Crippen molar-refractivity contribution in [2.75, 3.05) is 23.3 Å². The molecule has 0 unspecified atom stereocenters. The van der Waals surface area contributed by atoms with E-state index in [9.17, 15) is 13.2 Å². The Morgan fingerprint density at radius 1 is 0.750 bits per heavy atom. The summed E-state index contributed by atoms with van der Waals surface area (Å²) in [6.45, 7) is 4.48. The minimum atomic E-state index is -3.77. The van der Waals surface area contributed by atoms with Crippen LogP contribution in [0.15, 0.2) is 102 Å². The van der Waals surface area contributed by atoms with E-state index < -0.39 is 15.9 Å². The molecule has 0 aliphatic rings. The maximum atomic E-state index is 12.8. The van der Waals surface area contributed by atoms with Crippen LogP contribution in [-0.2, 0) is 10.0 Å². The lowest BCUT2D eigenvalue weighted by atomic mass is 10.1. The topological polar surface area (TPSA) is 106 Å². The van der Waals surface area contributed by atoms with E-state index in [4.69, 9.17) is 21.7 Å². The summed E-state index contributed by atoms with van der Waals surface area (Å²) in [5.41, 5.74) is 3.30. The highest BCUT2D eigenvalue weighted by molar-refractivity contribution is 7.92. The minimum Gasteiger partial charge on any atom is -0.490 e. The molecule has 4 aromatic rings. The van der Waals surface area contributed by atoms with Crippen LogP contribution >= 0.6 is 12.2 Å². The van der Waals surface area contributed by atoms with Crippen LogP contribution in [0.3, 0.4) is 0 Å². The number of ether oxygens (including phenoxy) is 2. The third kappa shape index (κ3) is 8.29. The van der Waals surface area contributed by atoms with Gasteiger partial charge in [-0.3, -0.25) is 14.8 Å². The van der Waals surface area contributed by atoms with Crippen LogP contribution in [0.2, 0.25) is 0 Å². The minimum absolute atomic E-state index is 0.0663. The highest BCUT2D eigenvalue weighted by atomic mass is 32.2. The van der Waals surface area contributed by atoms with Crippen LogP contribution in [-0.4, -0.2) is 32.7 Å². The van der Waals surface area contributed by atoms with E-state index in [2.05, 4.69) is 15.4 Å². The van der Waals surface area contributed by atoms with Gasteiger partial charge in [-0.1, -0.05) is 30.3 Å². The van der Waals surface area contributed by atoms with E-state index in [0.717, 1.165) is 16.9 Å².